The van der Waals surface area contributed by atoms with Gasteiger partial charge in [0.2, 0.25) is 0 Å². The Morgan fingerprint density at radius 2 is 2.04 bits per heavy atom. The summed E-state index contributed by atoms with van der Waals surface area (Å²) >= 11 is 0. The van der Waals surface area contributed by atoms with E-state index in [0.29, 0.717) is 12.1 Å². The number of benzene rings is 1. The lowest BCUT2D eigenvalue weighted by Crippen LogP contribution is -2.20. The van der Waals surface area contributed by atoms with Crippen LogP contribution in [0.3, 0.4) is 0 Å². The van der Waals surface area contributed by atoms with Gasteiger partial charge in [-0.05, 0) is 62.9 Å². The van der Waals surface area contributed by atoms with E-state index in [4.69, 9.17) is 4.74 Å². The highest BCUT2D eigenvalue weighted by Crippen LogP contribution is 2.27. The molecule has 1 aromatic carbocycles. The Bertz CT molecular complexity index is 646. The van der Waals surface area contributed by atoms with Gasteiger partial charge in [-0.25, -0.2) is 4.79 Å². The molecule has 0 saturated heterocycles. The van der Waals surface area contributed by atoms with Gasteiger partial charge in [0.25, 0.3) is 0 Å². The largest absolute Gasteiger partial charge is 0.459 e. The van der Waals surface area contributed by atoms with Gasteiger partial charge in [-0.2, -0.15) is 0 Å². The van der Waals surface area contributed by atoms with Crippen molar-refractivity contribution < 1.29 is 9.53 Å². The number of rotatable bonds is 6. The van der Waals surface area contributed by atoms with Crippen molar-refractivity contribution in [2.75, 3.05) is 6.54 Å². The zero-order valence-electron chi connectivity index (χ0n) is 15.5. The van der Waals surface area contributed by atoms with Gasteiger partial charge in [-0.1, -0.05) is 25.6 Å². The molecular weight excluding hydrogens is 314 g/mol. The van der Waals surface area contributed by atoms with Gasteiger partial charge < -0.3 is 10.1 Å². The molecule has 0 spiro atoms. The van der Waals surface area contributed by atoms with Crippen molar-refractivity contribution in [3.05, 3.63) is 34.9 Å². The average molecular weight is 344 g/mol. The summed E-state index contributed by atoms with van der Waals surface area (Å²) in [4.78, 5) is 12.3. The molecule has 2 rings (SSSR count). The van der Waals surface area contributed by atoms with Crippen molar-refractivity contribution in [3.8, 4) is 11.5 Å². The lowest BCUT2D eigenvalue weighted by atomic mass is 10.0. The summed E-state index contributed by atoms with van der Waals surface area (Å²) in [6.45, 7) is 12.1. The van der Waals surface area contributed by atoms with E-state index in [-0.39, 0.29) is 12.1 Å². The summed E-state index contributed by atoms with van der Waals surface area (Å²) in [5.74, 6) is 3.83. The fourth-order valence-corrected chi connectivity index (χ4v) is 2.81. The molecule has 1 fully saturated rings. The molecule has 4 heteroatoms. The normalized spacial score (nSPS) is 14.2. The number of hydrogen-bond acceptors (Lipinski definition) is 3. The van der Waals surface area contributed by atoms with E-state index in [1.54, 1.807) is 0 Å². The minimum absolute atomic E-state index is 0.115. The SMILES string of the molecule is CC(C)OC(=O)c1ccc(C#C[Si](C)(C)C)cc1CNCC1CC1. The van der Waals surface area contributed by atoms with E-state index < -0.39 is 8.07 Å². The number of ether oxygens (including phenoxy) is 1. The van der Waals surface area contributed by atoms with E-state index in [2.05, 4.69) is 36.4 Å². The molecule has 1 N–H and O–H groups in total. The topological polar surface area (TPSA) is 38.3 Å². The molecule has 1 aromatic rings. The number of carbonyl (C=O) groups is 1. The second-order valence-electron chi connectivity index (χ2n) is 7.90. The summed E-state index contributed by atoms with van der Waals surface area (Å²) in [6, 6.07) is 5.81. The maximum Gasteiger partial charge on any atom is 0.338 e. The summed E-state index contributed by atoms with van der Waals surface area (Å²) in [6.07, 6.45) is 2.52. The van der Waals surface area contributed by atoms with Crippen LogP contribution in [0.2, 0.25) is 19.6 Å². The average Bonchev–Trinajstić information content (AvgIpc) is 3.28. The van der Waals surface area contributed by atoms with Crippen LogP contribution in [0.5, 0.6) is 0 Å². The third kappa shape index (κ3) is 6.50. The second-order valence-corrected chi connectivity index (χ2v) is 12.7. The maximum atomic E-state index is 12.3. The molecule has 0 aliphatic heterocycles. The van der Waals surface area contributed by atoms with Gasteiger partial charge in [0.05, 0.1) is 11.7 Å². The fraction of sp³-hybridized carbons (Fsp3) is 0.550. The number of nitrogens with one attached hydrogen (secondary N) is 1. The minimum Gasteiger partial charge on any atom is -0.459 e. The Morgan fingerprint density at radius 3 is 2.62 bits per heavy atom. The van der Waals surface area contributed by atoms with E-state index in [0.717, 1.165) is 23.6 Å². The first-order valence-corrected chi connectivity index (χ1v) is 12.3. The Labute approximate surface area is 147 Å². The standard InChI is InChI=1S/C20H29NO2Si/c1-15(2)23-20(22)19-9-8-16(10-11-24(3,4)5)12-18(19)14-21-13-17-6-7-17/h8-9,12,15,17,21H,6-7,13-14H2,1-5H3. The minimum atomic E-state index is -1.41. The quantitative estimate of drug-likeness (QED) is 0.482. The van der Waals surface area contributed by atoms with Crippen molar-refractivity contribution in [1.82, 2.24) is 5.32 Å². The van der Waals surface area contributed by atoms with Crippen LogP contribution >= 0.6 is 0 Å². The summed E-state index contributed by atoms with van der Waals surface area (Å²) in [5.41, 5.74) is 5.98. The Balaban J connectivity index is 2.20. The maximum absolute atomic E-state index is 12.3. The van der Waals surface area contributed by atoms with Gasteiger partial charge in [0.15, 0.2) is 0 Å². The van der Waals surface area contributed by atoms with E-state index in [1.165, 1.54) is 12.8 Å². The van der Waals surface area contributed by atoms with Crippen LogP contribution in [-0.2, 0) is 11.3 Å². The first kappa shape index (κ1) is 18.8. The van der Waals surface area contributed by atoms with Crippen molar-refractivity contribution >= 4 is 14.0 Å². The zero-order chi connectivity index (χ0) is 17.7. The molecular formula is C20H29NO2Si. The summed E-state index contributed by atoms with van der Waals surface area (Å²) in [5, 5.41) is 3.46. The van der Waals surface area contributed by atoms with Crippen molar-refractivity contribution in [2.24, 2.45) is 5.92 Å². The zero-order valence-corrected chi connectivity index (χ0v) is 16.5. The molecule has 0 amide bonds. The van der Waals surface area contributed by atoms with E-state index in [1.807, 2.05) is 32.0 Å². The van der Waals surface area contributed by atoms with Crippen LogP contribution in [-0.4, -0.2) is 26.7 Å². The van der Waals surface area contributed by atoms with Crippen LogP contribution in [0.1, 0.15) is 48.2 Å². The van der Waals surface area contributed by atoms with Crippen LogP contribution in [0.15, 0.2) is 18.2 Å². The molecule has 130 valence electrons. The predicted molar refractivity (Wildman–Crippen MR) is 102 cm³/mol. The molecule has 0 radical (unpaired) electrons. The molecule has 3 nitrogen and oxygen atoms in total. The second kappa shape index (κ2) is 8.00. The van der Waals surface area contributed by atoms with Crippen molar-refractivity contribution in [2.45, 2.75) is 59.0 Å². The number of esters is 1. The molecule has 1 aliphatic rings. The number of carbonyl (C=O) groups excluding carboxylic acids is 1. The molecule has 1 aliphatic carbocycles. The van der Waals surface area contributed by atoms with Crippen molar-refractivity contribution in [3.63, 3.8) is 0 Å². The highest BCUT2D eigenvalue weighted by molar-refractivity contribution is 6.83. The Morgan fingerprint density at radius 1 is 1.33 bits per heavy atom. The summed E-state index contributed by atoms with van der Waals surface area (Å²) in [7, 11) is -1.41. The molecule has 0 bridgehead atoms. The first-order valence-electron chi connectivity index (χ1n) is 8.82. The van der Waals surface area contributed by atoms with Crippen LogP contribution in [0.4, 0.5) is 0 Å². The van der Waals surface area contributed by atoms with Gasteiger partial charge in [-0.15, -0.1) is 5.54 Å². The lowest BCUT2D eigenvalue weighted by molar-refractivity contribution is 0.0376. The molecule has 0 atom stereocenters. The van der Waals surface area contributed by atoms with Crippen LogP contribution < -0.4 is 5.32 Å². The third-order valence-electron chi connectivity index (χ3n) is 3.70. The number of hydrogen-bond donors (Lipinski definition) is 1. The van der Waals surface area contributed by atoms with Crippen molar-refractivity contribution in [1.29, 1.82) is 0 Å². The molecule has 24 heavy (non-hydrogen) atoms. The molecule has 1 saturated carbocycles. The third-order valence-corrected chi connectivity index (χ3v) is 4.57. The van der Waals surface area contributed by atoms with E-state index >= 15 is 0 Å². The summed E-state index contributed by atoms with van der Waals surface area (Å²) < 4.78 is 5.37. The highest BCUT2D eigenvalue weighted by atomic mass is 28.3. The predicted octanol–water partition coefficient (Wildman–Crippen LogP) is 3.98. The van der Waals surface area contributed by atoms with Crippen LogP contribution in [0.25, 0.3) is 0 Å². The van der Waals surface area contributed by atoms with Gasteiger partial charge in [0, 0.05) is 12.1 Å². The monoisotopic (exact) mass is 343 g/mol. The smallest absolute Gasteiger partial charge is 0.338 e. The Kier molecular flexibility index (Phi) is 6.25. The molecule has 0 unspecified atom stereocenters. The van der Waals surface area contributed by atoms with Gasteiger partial charge >= 0.3 is 5.97 Å². The molecule has 0 aromatic heterocycles. The highest BCUT2D eigenvalue weighted by Gasteiger charge is 2.21. The Hall–Kier alpha value is -1.57. The van der Waals surface area contributed by atoms with Gasteiger partial charge in [-0.3, -0.25) is 0 Å². The first-order chi connectivity index (χ1) is 11.2. The van der Waals surface area contributed by atoms with Gasteiger partial charge in [0.1, 0.15) is 8.07 Å². The van der Waals surface area contributed by atoms with Crippen LogP contribution in [0, 0.1) is 17.4 Å². The lowest BCUT2D eigenvalue weighted by Gasteiger charge is -2.13. The molecule has 0 heterocycles. The van der Waals surface area contributed by atoms with E-state index in [9.17, 15) is 4.79 Å². The fourth-order valence-electron chi connectivity index (χ4n) is 2.29.